The number of aromatic nitrogens is 1. The Bertz CT molecular complexity index is 973. The summed E-state index contributed by atoms with van der Waals surface area (Å²) in [5, 5.41) is 16.5. The van der Waals surface area contributed by atoms with Gasteiger partial charge in [-0.2, -0.15) is 0 Å². The van der Waals surface area contributed by atoms with E-state index in [9.17, 15) is 19.5 Å². The molecule has 2 saturated carbocycles. The van der Waals surface area contributed by atoms with Crippen LogP contribution in [0.5, 0.6) is 0 Å². The van der Waals surface area contributed by atoms with E-state index in [-0.39, 0.29) is 41.4 Å². The standard InChI is InChI=1S/C23H32N4O4S2.Na/c1-23(2)17(21(30)31)27-19(29)16(20(27)33-23)26-18(28)14(15-10-32-22(24)25-15)9-12-8-7-11-5-3-4-6-13(11)12;/h10-14,16-17,20H,3-9H2,1-2H3,(H2,24,25)(H,26,28)(H,30,31);/q;+1/p-1/t11?,12?,13?,14?,16-,17-,20+;/m0./s1. The number of carboxylic acid groups (broad SMARTS) is 1. The van der Waals surface area contributed by atoms with Crippen LogP contribution < -0.4 is 45.7 Å². The summed E-state index contributed by atoms with van der Waals surface area (Å²) in [4.78, 5) is 43.8. The zero-order valence-corrected chi connectivity index (χ0v) is 23.6. The third kappa shape index (κ3) is 4.53. The Morgan fingerprint density at radius 1 is 1.29 bits per heavy atom. The number of nitrogen functional groups attached to an aromatic ring is 1. The third-order valence-corrected chi connectivity index (χ3v) is 10.5. The summed E-state index contributed by atoms with van der Waals surface area (Å²) in [6.07, 6.45) is 8.18. The van der Waals surface area contributed by atoms with E-state index in [1.54, 1.807) is 13.8 Å². The molecule has 5 rings (SSSR count). The van der Waals surface area contributed by atoms with Crippen LogP contribution in [-0.4, -0.2) is 49.9 Å². The maximum Gasteiger partial charge on any atom is 1.00 e. The molecular weight excluding hydrogens is 483 g/mol. The van der Waals surface area contributed by atoms with Gasteiger partial charge < -0.3 is 25.9 Å². The first-order valence-electron chi connectivity index (χ1n) is 11.9. The summed E-state index contributed by atoms with van der Waals surface area (Å²) >= 11 is 2.73. The Morgan fingerprint density at radius 3 is 2.71 bits per heavy atom. The number of rotatable bonds is 6. The van der Waals surface area contributed by atoms with Crippen LogP contribution in [0.3, 0.4) is 0 Å². The summed E-state index contributed by atoms with van der Waals surface area (Å²) in [7, 11) is 0. The minimum absolute atomic E-state index is 0. The van der Waals surface area contributed by atoms with Gasteiger partial charge in [-0.05, 0) is 57.3 Å². The number of carbonyl (C=O) groups is 3. The molecule has 1 aromatic rings. The zero-order chi connectivity index (χ0) is 23.5. The second-order valence-electron chi connectivity index (χ2n) is 10.5. The summed E-state index contributed by atoms with van der Waals surface area (Å²) in [5.74, 6) is -0.369. The van der Waals surface area contributed by atoms with Crippen molar-refractivity contribution in [1.82, 2.24) is 15.2 Å². The van der Waals surface area contributed by atoms with Gasteiger partial charge in [-0.3, -0.25) is 9.59 Å². The van der Waals surface area contributed by atoms with Gasteiger partial charge in [0.2, 0.25) is 11.8 Å². The van der Waals surface area contributed by atoms with Gasteiger partial charge in [0.25, 0.3) is 0 Å². The molecule has 0 bridgehead atoms. The Labute approximate surface area is 230 Å². The summed E-state index contributed by atoms with van der Waals surface area (Å²) in [5.41, 5.74) is 6.56. The number of thiazole rings is 1. The van der Waals surface area contributed by atoms with Crippen LogP contribution >= 0.6 is 23.1 Å². The average molecular weight is 515 g/mol. The van der Waals surface area contributed by atoms with Crippen LogP contribution in [0, 0.1) is 17.8 Å². The van der Waals surface area contributed by atoms with Crippen LogP contribution in [0.4, 0.5) is 5.13 Å². The molecule has 3 N–H and O–H groups in total. The molecule has 34 heavy (non-hydrogen) atoms. The number of thioether (sulfide) groups is 1. The topological polar surface area (TPSA) is 128 Å². The average Bonchev–Trinajstić information content (AvgIpc) is 3.44. The maximum absolute atomic E-state index is 13.5. The quantitative estimate of drug-likeness (QED) is 0.357. The number of nitrogens with zero attached hydrogens (tertiary/aromatic N) is 2. The molecule has 4 fully saturated rings. The second-order valence-corrected chi connectivity index (χ2v) is 13.2. The van der Waals surface area contributed by atoms with Crippen molar-refractivity contribution >= 4 is 46.0 Å². The zero-order valence-electron chi connectivity index (χ0n) is 20.0. The van der Waals surface area contributed by atoms with Crippen molar-refractivity contribution in [3.8, 4) is 0 Å². The molecule has 2 saturated heterocycles. The summed E-state index contributed by atoms with van der Waals surface area (Å²) in [6, 6.07) is -1.72. The number of hydrogen-bond acceptors (Lipinski definition) is 8. The van der Waals surface area contributed by atoms with Gasteiger partial charge >= 0.3 is 29.6 Å². The van der Waals surface area contributed by atoms with Crippen molar-refractivity contribution < 1.29 is 49.0 Å². The normalized spacial score (nSPS) is 34.4. The van der Waals surface area contributed by atoms with E-state index in [0.717, 1.165) is 12.3 Å². The minimum Gasteiger partial charge on any atom is -0.548 e. The van der Waals surface area contributed by atoms with Crippen molar-refractivity contribution in [2.75, 3.05) is 5.73 Å². The molecule has 180 valence electrons. The molecule has 3 heterocycles. The molecule has 8 nitrogen and oxygen atoms in total. The Morgan fingerprint density at radius 2 is 2.03 bits per heavy atom. The number of aliphatic carboxylic acids is 1. The maximum atomic E-state index is 13.5. The van der Waals surface area contributed by atoms with Gasteiger partial charge in [-0.25, -0.2) is 4.98 Å². The van der Waals surface area contributed by atoms with Crippen LogP contribution in [0.1, 0.15) is 70.4 Å². The monoisotopic (exact) mass is 514 g/mol. The first-order valence-corrected chi connectivity index (χ1v) is 13.7. The van der Waals surface area contributed by atoms with Crippen LogP contribution in [0.2, 0.25) is 0 Å². The molecular formula is C23H31N4NaO4S2. The van der Waals surface area contributed by atoms with Gasteiger partial charge in [0.1, 0.15) is 11.4 Å². The van der Waals surface area contributed by atoms with Gasteiger partial charge in [-0.1, -0.05) is 19.3 Å². The smallest absolute Gasteiger partial charge is 0.548 e. The van der Waals surface area contributed by atoms with Crippen LogP contribution in [0.15, 0.2) is 5.38 Å². The van der Waals surface area contributed by atoms with E-state index < -0.39 is 34.1 Å². The number of nitrogens with two attached hydrogens (primary N) is 1. The number of hydrogen-bond donors (Lipinski definition) is 2. The number of β-lactam (4-membered cyclic amide) rings is 1. The van der Waals surface area contributed by atoms with Gasteiger partial charge in [0.15, 0.2) is 5.13 Å². The van der Waals surface area contributed by atoms with Crippen molar-refractivity contribution in [2.45, 2.75) is 86.9 Å². The Balaban J connectivity index is 0.00000274. The third-order valence-electron chi connectivity index (χ3n) is 8.20. The fraction of sp³-hybridized carbons (Fsp3) is 0.739. The number of carboxylic acids is 1. The molecule has 4 unspecified atom stereocenters. The fourth-order valence-electron chi connectivity index (χ4n) is 6.66. The van der Waals surface area contributed by atoms with Gasteiger partial charge in [0, 0.05) is 10.1 Å². The Hall–Kier alpha value is -0.810. The molecule has 7 atom stereocenters. The fourth-order valence-corrected chi connectivity index (χ4v) is 8.89. The number of carbonyl (C=O) groups excluding carboxylic acids is 3. The van der Waals surface area contributed by atoms with Crippen LogP contribution in [-0.2, 0) is 14.4 Å². The molecule has 4 aliphatic rings. The summed E-state index contributed by atoms with van der Waals surface area (Å²) < 4.78 is -0.679. The van der Waals surface area contributed by atoms with E-state index in [0.29, 0.717) is 29.1 Å². The van der Waals surface area contributed by atoms with Crippen molar-refractivity contribution in [3.05, 3.63) is 11.1 Å². The van der Waals surface area contributed by atoms with Crippen molar-refractivity contribution in [3.63, 3.8) is 0 Å². The summed E-state index contributed by atoms with van der Waals surface area (Å²) in [6.45, 7) is 3.59. The SMILES string of the molecule is CC1(C)S[C@@H]2[C@@H](NC(=O)C(CC3CCC4CCCCC43)c3csc(N)n3)C(=O)N2[C@H]1C(=O)[O-].[Na+]. The molecule has 0 radical (unpaired) electrons. The number of anilines is 1. The van der Waals surface area contributed by atoms with E-state index in [2.05, 4.69) is 10.3 Å². The molecule has 2 amide bonds. The molecule has 0 spiro atoms. The second kappa shape index (κ2) is 9.92. The predicted molar refractivity (Wildman–Crippen MR) is 125 cm³/mol. The molecule has 11 heteroatoms. The molecule has 0 aromatic carbocycles. The molecule has 2 aliphatic heterocycles. The first-order chi connectivity index (χ1) is 15.7. The predicted octanol–water partition coefficient (Wildman–Crippen LogP) is -1.28. The molecule has 2 aliphatic carbocycles. The number of fused-ring (bicyclic) bond motifs is 2. The largest absolute Gasteiger partial charge is 1.00 e. The van der Waals surface area contributed by atoms with E-state index in [1.807, 2.05) is 5.38 Å². The Kier molecular flexibility index (Phi) is 7.66. The first kappa shape index (κ1) is 26.3. The van der Waals surface area contributed by atoms with Crippen LogP contribution in [0.25, 0.3) is 0 Å². The number of nitrogens with one attached hydrogen (secondary N) is 1. The minimum atomic E-state index is -1.26. The van der Waals surface area contributed by atoms with E-state index in [4.69, 9.17) is 5.73 Å². The number of amides is 2. The van der Waals surface area contributed by atoms with Crippen molar-refractivity contribution in [2.24, 2.45) is 17.8 Å². The van der Waals surface area contributed by atoms with E-state index in [1.165, 1.54) is 60.1 Å². The van der Waals surface area contributed by atoms with Gasteiger partial charge in [0.05, 0.1) is 23.6 Å². The van der Waals surface area contributed by atoms with Gasteiger partial charge in [-0.15, -0.1) is 23.1 Å². The molecule has 1 aromatic heterocycles. The van der Waals surface area contributed by atoms with Crippen molar-refractivity contribution in [1.29, 1.82) is 0 Å². The van der Waals surface area contributed by atoms with E-state index >= 15 is 0 Å².